The number of nitrogens with zero attached hydrogens (tertiary/aromatic N) is 2. The van der Waals surface area contributed by atoms with Gasteiger partial charge in [-0.25, -0.2) is 0 Å². The molecular formula is C42H28N2. The van der Waals surface area contributed by atoms with Crippen molar-refractivity contribution in [3.63, 3.8) is 0 Å². The monoisotopic (exact) mass is 575 g/mol. The van der Waals surface area contributed by atoms with Crippen LogP contribution in [0.15, 0.2) is 169 Å². The molecule has 0 spiro atoms. The second-order valence-corrected chi connectivity index (χ2v) is 10.3. The van der Waals surface area contributed by atoms with E-state index in [-0.39, 0.29) is 43.6 Å². The first kappa shape index (κ1) is 14.1. The van der Waals surface area contributed by atoms with Crippen LogP contribution in [0.25, 0.3) is 77.2 Å². The van der Waals surface area contributed by atoms with Crippen molar-refractivity contribution < 1.29 is 20.6 Å². The van der Waals surface area contributed by atoms with Crippen LogP contribution in [-0.4, -0.2) is 9.13 Å². The minimum absolute atomic E-state index is 0.0780. The predicted octanol–water partition coefficient (Wildman–Crippen LogP) is 11.2. The van der Waals surface area contributed by atoms with Gasteiger partial charge in [0.15, 0.2) is 0 Å². The maximum atomic E-state index is 9.80. The molecule has 0 N–H and O–H groups in total. The topological polar surface area (TPSA) is 9.86 Å². The SMILES string of the molecule is [2H]c1c([2H])c([2H])c2c(c1[2H])c1c([2H])c(-n3c4c([2H])c([2H])c([2H])c([2H])c4c4c([2H])c([2H])c([2H])c([2H])c43)c([2H])c([2H])c1n2-c1cccc(-c2cccc(-c3ccccc3)c2)c1. The van der Waals surface area contributed by atoms with Gasteiger partial charge < -0.3 is 9.13 Å². The molecule has 0 saturated carbocycles. The van der Waals surface area contributed by atoms with E-state index in [0.29, 0.717) is 5.69 Å². The van der Waals surface area contributed by atoms with E-state index in [1.807, 2.05) is 60.7 Å². The molecule has 0 unspecified atom stereocenters. The van der Waals surface area contributed by atoms with Crippen LogP contribution in [0.1, 0.15) is 20.6 Å². The Morgan fingerprint density at radius 1 is 0.364 bits per heavy atom. The lowest BCUT2D eigenvalue weighted by atomic mass is 9.99. The lowest BCUT2D eigenvalue weighted by molar-refractivity contribution is 1.17. The molecule has 44 heavy (non-hydrogen) atoms. The number of hydrogen-bond donors (Lipinski definition) is 0. The summed E-state index contributed by atoms with van der Waals surface area (Å²) in [4.78, 5) is 0. The Hall–Kier alpha value is -5.86. The Kier molecular flexibility index (Phi) is 3.15. The quantitative estimate of drug-likeness (QED) is 0.197. The Balaban J connectivity index is 1.44. The smallest absolute Gasteiger partial charge is 0.0652 e. The van der Waals surface area contributed by atoms with E-state index in [2.05, 4.69) is 0 Å². The Morgan fingerprint density at radius 3 is 1.50 bits per heavy atom. The Bertz CT molecular complexity index is 3260. The van der Waals surface area contributed by atoms with Crippen LogP contribution >= 0.6 is 0 Å². The molecule has 0 atom stereocenters. The summed E-state index contributed by atoms with van der Waals surface area (Å²) >= 11 is 0. The maximum Gasteiger partial charge on any atom is 0.0652 e. The number of para-hydroxylation sites is 3. The van der Waals surface area contributed by atoms with Gasteiger partial charge in [-0.2, -0.15) is 0 Å². The second kappa shape index (κ2) is 9.86. The minimum Gasteiger partial charge on any atom is -0.309 e. The molecular weight excluding hydrogens is 532 g/mol. The number of hydrogen-bond acceptors (Lipinski definition) is 0. The van der Waals surface area contributed by atoms with Gasteiger partial charge in [0.1, 0.15) is 0 Å². The van der Waals surface area contributed by atoms with Crippen molar-refractivity contribution in [3.8, 4) is 33.6 Å². The van der Waals surface area contributed by atoms with Gasteiger partial charge in [0.05, 0.1) is 42.6 Å². The average Bonchev–Trinajstić information content (AvgIpc) is 3.80. The summed E-state index contributed by atoms with van der Waals surface area (Å²) in [5.41, 5.74) is 2.50. The van der Waals surface area contributed by atoms with Crippen LogP contribution in [0.3, 0.4) is 0 Å². The standard InChI is InChI=1S/C42H28N2/c1-2-12-29(13-3-1)30-14-10-15-31(26-30)32-16-11-17-33(27-32)43-41-23-9-6-20-37(41)38-28-34(24-25-42(38)43)44-39-21-7-4-18-35(39)36-19-5-8-22-40(36)44/h1-28H/i4D,5D,6D,7D,8D,9D,18D,19D,20D,21D,22D,23D,24D,25D,28D. The highest BCUT2D eigenvalue weighted by Crippen LogP contribution is 2.37. The summed E-state index contributed by atoms with van der Waals surface area (Å²) in [6.07, 6.45) is 0. The lowest BCUT2D eigenvalue weighted by Gasteiger charge is -2.12. The van der Waals surface area contributed by atoms with Gasteiger partial charge >= 0.3 is 0 Å². The van der Waals surface area contributed by atoms with E-state index < -0.39 is 96.3 Å². The van der Waals surface area contributed by atoms with E-state index in [0.717, 1.165) is 26.8 Å². The van der Waals surface area contributed by atoms with Gasteiger partial charge in [-0.3, -0.25) is 0 Å². The fraction of sp³-hybridized carbons (Fsp3) is 0. The fourth-order valence-corrected chi connectivity index (χ4v) is 5.85. The summed E-state index contributed by atoms with van der Waals surface area (Å²) in [7, 11) is 0. The molecule has 2 aromatic heterocycles. The first-order valence-electron chi connectivity index (χ1n) is 21.4. The summed E-state index contributed by atoms with van der Waals surface area (Å²) in [5, 5.41) is -0.871. The van der Waals surface area contributed by atoms with Gasteiger partial charge in [0.25, 0.3) is 0 Å². The average molecular weight is 576 g/mol. The van der Waals surface area contributed by atoms with Crippen molar-refractivity contribution in [1.29, 1.82) is 0 Å². The highest BCUT2D eigenvalue weighted by molar-refractivity contribution is 6.12. The molecule has 0 aliphatic rings. The molecule has 9 rings (SSSR count). The van der Waals surface area contributed by atoms with Gasteiger partial charge in [0, 0.05) is 32.9 Å². The minimum atomic E-state index is -0.702. The van der Waals surface area contributed by atoms with Crippen LogP contribution in [0.5, 0.6) is 0 Å². The van der Waals surface area contributed by atoms with Crippen LogP contribution < -0.4 is 0 Å². The van der Waals surface area contributed by atoms with E-state index in [1.165, 1.54) is 4.57 Å². The van der Waals surface area contributed by atoms with Crippen molar-refractivity contribution in [2.45, 2.75) is 0 Å². The van der Waals surface area contributed by atoms with E-state index in [9.17, 15) is 4.11 Å². The number of rotatable bonds is 4. The summed E-state index contributed by atoms with van der Waals surface area (Å²) in [6, 6.07) is 15.5. The zero-order valence-electron chi connectivity index (χ0n) is 37.9. The van der Waals surface area contributed by atoms with Crippen LogP contribution in [0, 0.1) is 0 Å². The van der Waals surface area contributed by atoms with Gasteiger partial charge in [-0.15, -0.1) is 0 Å². The molecule has 0 amide bonds. The predicted molar refractivity (Wildman–Crippen MR) is 186 cm³/mol. The van der Waals surface area contributed by atoms with Gasteiger partial charge in [-0.05, 0) is 76.7 Å². The molecule has 0 radical (unpaired) electrons. The third-order valence-electron chi connectivity index (χ3n) is 7.81. The molecule has 9 aromatic rings. The Morgan fingerprint density at radius 2 is 0.841 bits per heavy atom. The van der Waals surface area contributed by atoms with Crippen molar-refractivity contribution in [2.75, 3.05) is 0 Å². The highest BCUT2D eigenvalue weighted by Gasteiger charge is 2.16. The van der Waals surface area contributed by atoms with Crippen molar-refractivity contribution in [2.24, 2.45) is 0 Å². The molecule has 0 aliphatic carbocycles. The second-order valence-electron chi connectivity index (χ2n) is 10.3. The van der Waals surface area contributed by atoms with Crippen LogP contribution in [-0.2, 0) is 0 Å². The zero-order chi connectivity index (χ0) is 42.1. The summed E-state index contributed by atoms with van der Waals surface area (Å²) in [6.45, 7) is 0. The first-order valence-corrected chi connectivity index (χ1v) is 13.9. The number of fused-ring (bicyclic) bond motifs is 6. The molecule has 0 fully saturated rings. The molecule has 0 saturated heterocycles. The Labute approximate surface area is 276 Å². The molecule has 2 heterocycles. The third kappa shape index (κ3) is 3.82. The molecule has 2 heteroatoms. The third-order valence-corrected chi connectivity index (χ3v) is 7.81. The summed E-state index contributed by atoms with van der Waals surface area (Å²) < 4.78 is 136. The van der Waals surface area contributed by atoms with Crippen molar-refractivity contribution in [1.82, 2.24) is 9.13 Å². The molecule has 0 aliphatic heterocycles. The van der Waals surface area contributed by atoms with Gasteiger partial charge in [-0.1, -0.05) is 115 Å². The molecule has 206 valence electrons. The van der Waals surface area contributed by atoms with Crippen molar-refractivity contribution in [3.05, 3.63) is 169 Å². The molecule has 2 nitrogen and oxygen atoms in total. The summed E-state index contributed by atoms with van der Waals surface area (Å²) in [5.74, 6) is 0. The first-order chi connectivity index (χ1) is 28.1. The zero-order valence-corrected chi connectivity index (χ0v) is 22.9. The van der Waals surface area contributed by atoms with Crippen LogP contribution in [0.2, 0.25) is 0 Å². The largest absolute Gasteiger partial charge is 0.309 e. The number of benzene rings is 7. The molecule has 7 aromatic carbocycles. The van der Waals surface area contributed by atoms with Crippen molar-refractivity contribution >= 4 is 43.6 Å². The molecule has 0 bridgehead atoms. The normalized spacial score (nSPS) is 16.4. The van der Waals surface area contributed by atoms with E-state index in [4.69, 9.17) is 16.4 Å². The lowest BCUT2D eigenvalue weighted by Crippen LogP contribution is -1.96. The number of aromatic nitrogens is 2. The maximum absolute atomic E-state index is 9.80. The van der Waals surface area contributed by atoms with Gasteiger partial charge in [0.2, 0.25) is 0 Å². The highest BCUT2D eigenvalue weighted by atomic mass is 15.0. The fourth-order valence-electron chi connectivity index (χ4n) is 5.85. The van der Waals surface area contributed by atoms with E-state index >= 15 is 0 Å². The van der Waals surface area contributed by atoms with Crippen LogP contribution in [0.4, 0.5) is 0 Å². The van der Waals surface area contributed by atoms with E-state index in [1.54, 1.807) is 18.2 Å².